The molecule has 0 bridgehead atoms. The van der Waals surface area contributed by atoms with Crippen LogP contribution in [0, 0.1) is 0 Å². The number of primary amides is 2. The molecule has 0 aliphatic carbocycles. The van der Waals surface area contributed by atoms with E-state index in [1.807, 2.05) is 13.8 Å². The first-order chi connectivity index (χ1) is 18.8. The van der Waals surface area contributed by atoms with Crippen LogP contribution in [0.2, 0.25) is 0 Å². The number of carbonyl (C=O) groups is 3. The lowest BCUT2D eigenvalue weighted by Crippen LogP contribution is -2.40. The molecule has 5 N–H and O–H groups in total. The Bertz CT molecular complexity index is 1120. The highest BCUT2D eigenvalue weighted by molar-refractivity contribution is 8.03. The van der Waals surface area contributed by atoms with E-state index >= 15 is 0 Å². The van der Waals surface area contributed by atoms with Gasteiger partial charge in [0, 0.05) is 37.4 Å². The van der Waals surface area contributed by atoms with Gasteiger partial charge in [0.05, 0.1) is 18.1 Å². The Hall–Kier alpha value is -3.71. The number of hydrogen-bond acceptors (Lipinski definition) is 10. The maximum absolute atomic E-state index is 12.6. The minimum Gasteiger partial charge on any atom is -0.378 e. The van der Waals surface area contributed by atoms with Gasteiger partial charge in [0.1, 0.15) is 0 Å². The molecule has 2 fully saturated rings. The molecule has 2 aliphatic rings. The molecular formula is C26H38N8O4S. The predicted octanol–water partition coefficient (Wildman–Crippen LogP) is 2.55. The Kier molecular flexibility index (Phi) is 13.2. The summed E-state index contributed by atoms with van der Waals surface area (Å²) in [7, 11) is 0. The fourth-order valence-corrected chi connectivity index (χ4v) is 3.88. The Morgan fingerprint density at radius 1 is 0.974 bits per heavy atom. The zero-order chi connectivity index (χ0) is 28.8. The van der Waals surface area contributed by atoms with Crippen molar-refractivity contribution in [3.8, 4) is 0 Å². The third kappa shape index (κ3) is 9.52. The van der Waals surface area contributed by atoms with E-state index in [4.69, 9.17) is 16.2 Å². The number of hydrogen-bond donors (Lipinski definition) is 3. The van der Waals surface area contributed by atoms with Crippen molar-refractivity contribution in [2.75, 3.05) is 55.9 Å². The molecule has 2 aliphatic heterocycles. The maximum Gasteiger partial charge on any atom is 0.273 e. The first-order valence-electron chi connectivity index (χ1n) is 12.9. The molecule has 3 heterocycles. The Balaban J connectivity index is 0.000000517. The van der Waals surface area contributed by atoms with Gasteiger partial charge in [0.2, 0.25) is 5.95 Å². The van der Waals surface area contributed by atoms with Gasteiger partial charge < -0.3 is 31.3 Å². The van der Waals surface area contributed by atoms with Crippen molar-refractivity contribution in [1.29, 1.82) is 0 Å². The molecule has 0 unspecified atom stereocenters. The molecule has 4 rings (SSSR count). The molecule has 212 valence electrons. The van der Waals surface area contributed by atoms with Crippen LogP contribution < -0.4 is 21.7 Å². The van der Waals surface area contributed by atoms with Gasteiger partial charge in [-0.1, -0.05) is 20.4 Å². The number of benzene rings is 1. The predicted molar refractivity (Wildman–Crippen MR) is 154 cm³/mol. The van der Waals surface area contributed by atoms with Crippen LogP contribution in [-0.4, -0.2) is 83.5 Å². The average molecular weight is 559 g/mol. The lowest BCUT2D eigenvalue weighted by molar-refractivity contribution is -0.113. The van der Waals surface area contributed by atoms with Crippen molar-refractivity contribution in [1.82, 2.24) is 20.1 Å². The first-order valence-corrected chi connectivity index (χ1v) is 14.1. The van der Waals surface area contributed by atoms with Crippen LogP contribution in [0.25, 0.3) is 0 Å². The molecule has 1 aromatic carbocycles. The lowest BCUT2D eigenvalue weighted by Gasteiger charge is -2.27. The highest BCUT2D eigenvalue weighted by Gasteiger charge is 2.21. The van der Waals surface area contributed by atoms with E-state index in [0.717, 1.165) is 25.9 Å². The second-order valence-corrected chi connectivity index (χ2v) is 9.22. The summed E-state index contributed by atoms with van der Waals surface area (Å²) in [5, 5.41) is 11.2. The monoisotopic (exact) mass is 558 g/mol. The summed E-state index contributed by atoms with van der Waals surface area (Å²) < 4.78 is 5.29. The second kappa shape index (κ2) is 16.3. The first kappa shape index (κ1) is 31.5. The number of ether oxygens (including phenoxy) is 1. The summed E-state index contributed by atoms with van der Waals surface area (Å²) in [6, 6.07) is 7.01. The molecular weight excluding hydrogens is 520 g/mol. The van der Waals surface area contributed by atoms with Crippen LogP contribution in [0.5, 0.6) is 0 Å². The largest absolute Gasteiger partial charge is 0.378 e. The SMILES string of the molecule is C=C(SC)C(N)=O.CC.NC(=O)c1nnc(N2CCCCC2)nc1Nc1ccc(C(=O)N2CCOCC2)cc1. The van der Waals surface area contributed by atoms with E-state index in [1.54, 1.807) is 35.4 Å². The minimum atomic E-state index is -0.707. The molecule has 0 atom stereocenters. The fourth-order valence-electron chi connectivity index (χ4n) is 3.68. The standard InChI is InChI=1S/C20H25N7O3.C4H7NOS.C2H6/c21-17(28)16-18(23-20(25-24-16)27-8-2-1-3-9-27)22-15-6-4-14(5-7-15)19(29)26-10-12-30-13-11-26;1-3(7-2)4(5)6;1-2/h4-7H,1-3,8-13H2,(H2,21,28)(H,22,23,25);1H2,2H3,(H2,5,6);1-2H3. The van der Waals surface area contributed by atoms with Crippen molar-refractivity contribution < 1.29 is 19.1 Å². The molecule has 13 heteroatoms. The topological polar surface area (TPSA) is 170 Å². The smallest absolute Gasteiger partial charge is 0.273 e. The number of nitrogens with one attached hydrogen (secondary N) is 1. The quantitative estimate of drug-likeness (QED) is 0.429. The van der Waals surface area contributed by atoms with Gasteiger partial charge in [0.25, 0.3) is 17.7 Å². The van der Waals surface area contributed by atoms with Crippen molar-refractivity contribution in [2.24, 2.45) is 11.5 Å². The number of aromatic nitrogens is 3. The lowest BCUT2D eigenvalue weighted by atomic mass is 10.1. The number of nitrogens with zero attached hydrogens (tertiary/aromatic N) is 5. The summed E-state index contributed by atoms with van der Waals surface area (Å²) >= 11 is 1.26. The number of nitrogens with two attached hydrogens (primary N) is 2. The molecule has 0 saturated carbocycles. The van der Waals surface area contributed by atoms with Crippen LogP contribution in [0.4, 0.5) is 17.5 Å². The summed E-state index contributed by atoms with van der Waals surface area (Å²) in [5.41, 5.74) is 11.5. The molecule has 3 amide bonds. The zero-order valence-corrected chi connectivity index (χ0v) is 23.6. The van der Waals surface area contributed by atoms with Crippen LogP contribution in [0.1, 0.15) is 54.0 Å². The van der Waals surface area contributed by atoms with Crippen molar-refractivity contribution in [3.63, 3.8) is 0 Å². The average Bonchev–Trinajstić information content (AvgIpc) is 2.98. The normalized spacial score (nSPS) is 14.6. The van der Waals surface area contributed by atoms with Crippen LogP contribution >= 0.6 is 11.8 Å². The van der Waals surface area contributed by atoms with E-state index in [0.29, 0.717) is 48.4 Å². The fraction of sp³-hybridized carbons (Fsp3) is 0.462. The van der Waals surface area contributed by atoms with Gasteiger partial charge in [0.15, 0.2) is 11.5 Å². The minimum absolute atomic E-state index is 0.0239. The van der Waals surface area contributed by atoms with E-state index in [2.05, 4.69) is 32.0 Å². The second-order valence-electron chi connectivity index (χ2n) is 8.32. The molecule has 1 aromatic heterocycles. The molecule has 39 heavy (non-hydrogen) atoms. The van der Waals surface area contributed by atoms with Crippen molar-refractivity contribution >= 4 is 46.9 Å². The van der Waals surface area contributed by atoms with Gasteiger partial charge >= 0.3 is 0 Å². The third-order valence-electron chi connectivity index (χ3n) is 5.76. The number of morpholine rings is 1. The Morgan fingerprint density at radius 2 is 1.59 bits per heavy atom. The van der Waals surface area contributed by atoms with Crippen molar-refractivity contribution in [2.45, 2.75) is 33.1 Å². The van der Waals surface area contributed by atoms with Crippen LogP contribution in [0.3, 0.4) is 0 Å². The molecule has 0 spiro atoms. The van der Waals surface area contributed by atoms with Crippen LogP contribution in [-0.2, 0) is 9.53 Å². The zero-order valence-electron chi connectivity index (χ0n) is 22.8. The van der Waals surface area contributed by atoms with E-state index in [9.17, 15) is 14.4 Å². The highest BCUT2D eigenvalue weighted by atomic mass is 32.2. The maximum atomic E-state index is 12.6. The van der Waals surface area contributed by atoms with Gasteiger partial charge in [-0.3, -0.25) is 14.4 Å². The molecule has 2 saturated heterocycles. The van der Waals surface area contributed by atoms with E-state index < -0.39 is 11.8 Å². The van der Waals surface area contributed by atoms with E-state index in [-0.39, 0.29) is 17.4 Å². The summed E-state index contributed by atoms with van der Waals surface area (Å²) in [4.78, 5) is 43.1. The number of amides is 3. The van der Waals surface area contributed by atoms with Gasteiger partial charge in [-0.25, -0.2) is 0 Å². The Morgan fingerprint density at radius 3 is 2.10 bits per heavy atom. The van der Waals surface area contributed by atoms with Gasteiger partial charge in [-0.2, -0.15) is 4.98 Å². The number of carbonyl (C=O) groups excluding carboxylic acids is 3. The summed E-state index contributed by atoms with van der Waals surface area (Å²) in [5.74, 6) is -0.445. The number of rotatable bonds is 7. The molecule has 12 nitrogen and oxygen atoms in total. The number of thioether (sulfide) groups is 1. The highest BCUT2D eigenvalue weighted by Crippen LogP contribution is 2.22. The third-order valence-corrected chi connectivity index (χ3v) is 6.46. The van der Waals surface area contributed by atoms with E-state index in [1.165, 1.54) is 18.2 Å². The summed E-state index contributed by atoms with van der Waals surface area (Å²) in [6.45, 7) is 11.4. The van der Waals surface area contributed by atoms with Crippen molar-refractivity contribution in [3.05, 3.63) is 47.0 Å². The molecule has 2 aromatic rings. The van der Waals surface area contributed by atoms with Gasteiger partial charge in [-0.05, 0) is 49.8 Å². The summed E-state index contributed by atoms with van der Waals surface area (Å²) in [6.07, 6.45) is 5.08. The number of anilines is 3. The number of piperidine rings is 1. The van der Waals surface area contributed by atoms with Gasteiger partial charge in [-0.15, -0.1) is 22.0 Å². The Labute approximate surface area is 233 Å². The molecule has 0 radical (unpaired) electrons. The van der Waals surface area contributed by atoms with Crippen LogP contribution in [0.15, 0.2) is 35.7 Å².